The maximum atomic E-state index is 13.0. The molecule has 3 rings (SSSR count). The molecule has 3 aromatic rings. The van der Waals surface area contributed by atoms with E-state index in [1.165, 1.54) is 23.1 Å². The number of thioether (sulfide) groups is 1. The molecule has 1 aromatic carbocycles. The van der Waals surface area contributed by atoms with Crippen molar-refractivity contribution in [3.8, 4) is 5.69 Å². The van der Waals surface area contributed by atoms with Crippen LogP contribution in [0.2, 0.25) is 0 Å². The lowest BCUT2D eigenvalue weighted by Crippen LogP contribution is -2.33. The number of carbonyl (C=O) groups is 1. The molecule has 0 saturated carbocycles. The molecule has 1 N–H and O–H groups in total. The van der Waals surface area contributed by atoms with Crippen molar-refractivity contribution in [3.05, 3.63) is 50.5 Å². The van der Waals surface area contributed by atoms with E-state index in [9.17, 15) is 9.59 Å². The van der Waals surface area contributed by atoms with Crippen molar-refractivity contribution >= 4 is 55.2 Å². The van der Waals surface area contributed by atoms with Gasteiger partial charge in [-0.1, -0.05) is 34.6 Å². The van der Waals surface area contributed by atoms with E-state index in [4.69, 9.17) is 0 Å². The second-order valence-corrected chi connectivity index (χ2v) is 8.59. The van der Waals surface area contributed by atoms with Crippen LogP contribution in [-0.4, -0.2) is 27.3 Å². The van der Waals surface area contributed by atoms with Crippen molar-refractivity contribution in [2.24, 2.45) is 0 Å². The van der Waals surface area contributed by atoms with E-state index in [1.54, 1.807) is 4.57 Å². The largest absolute Gasteiger partial charge is 0.353 e. The van der Waals surface area contributed by atoms with Crippen LogP contribution in [0.5, 0.6) is 0 Å². The average Bonchev–Trinajstić information content (AvgIpc) is 3.10. The van der Waals surface area contributed by atoms with Crippen LogP contribution < -0.4 is 10.9 Å². The highest BCUT2D eigenvalue weighted by atomic mass is 79.9. The molecule has 1 amide bonds. The Bertz CT molecular complexity index is 982. The Kier molecular flexibility index (Phi) is 6.16. The van der Waals surface area contributed by atoms with Crippen LogP contribution in [0.15, 0.2) is 50.1 Å². The molecule has 2 heterocycles. The van der Waals surface area contributed by atoms with Crippen LogP contribution in [0, 0.1) is 0 Å². The van der Waals surface area contributed by atoms with Gasteiger partial charge in [-0.05, 0) is 49.1 Å². The molecule has 1 atom stereocenters. The summed E-state index contributed by atoms with van der Waals surface area (Å²) in [5.41, 5.74) is 1.28. The number of hydrogen-bond donors (Lipinski definition) is 1. The fourth-order valence-corrected chi connectivity index (χ4v) is 4.20. The number of carbonyl (C=O) groups excluding carboxylic acids is 1. The first-order chi connectivity index (χ1) is 12.5. The molecule has 0 bridgehead atoms. The Morgan fingerprint density at radius 1 is 1.35 bits per heavy atom. The number of rotatable bonds is 6. The summed E-state index contributed by atoms with van der Waals surface area (Å²) < 4.78 is 3.12. The van der Waals surface area contributed by atoms with Gasteiger partial charge >= 0.3 is 0 Å². The highest BCUT2D eigenvalue weighted by Crippen LogP contribution is 2.24. The van der Waals surface area contributed by atoms with Gasteiger partial charge in [-0.3, -0.25) is 14.2 Å². The lowest BCUT2D eigenvalue weighted by atomic mass is 10.3. The predicted molar refractivity (Wildman–Crippen MR) is 112 cm³/mol. The summed E-state index contributed by atoms with van der Waals surface area (Å²) in [5.74, 6) is 0.148. The van der Waals surface area contributed by atoms with E-state index in [0.29, 0.717) is 15.4 Å². The van der Waals surface area contributed by atoms with Gasteiger partial charge in [-0.2, -0.15) is 0 Å². The van der Waals surface area contributed by atoms with Crippen molar-refractivity contribution in [2.45, 2.75) is 31.5 Å². The third-order valence-corrected chi connectivity index (χ3v) is 6.24. The molecular weight excluding hydrogens is 434 g/mol. The molecule has 136 valence electrons. The quantitative estimate of drug-likeness (QED) is 0.450. The molecule has 5 nitrogen and oxygen atoms in total. The molecule has 0 aliphatic carbocycles. The van der Waals surface area contributed by atoms with E-state index in [1.807, 2.05) is 49.6 Å². The van der Waals surface area contributed by atoms with E-state index in [0.717, 1.165) is 16.6 Å². The van der Waals surface area contributed by atoms with Crippen LogP contribution in [0.3, 0.4) is 0 Å². The Hall–Kier alpha value is -1.64. The molecule has 0 saturated heterocycles. The van der Waals surface area contributed by atoms with Crippen LogP contribution in [0.25, 0.3) is 15.9 Å². The van der Waals surface area contributed by atoms with Crippen LogP contribution in [0.4, 0.5) is 0 Å². The van der Waals surface area contributed by atoms with Gasteiger partial charge in [0.25, 0.3) is 5.56 Å². The van der Waals surface area contributed by atoms with Crippen LogP contribution in [-0.2, 0) is 4.79 Å². The number of benzene rings is 1. The Morgan fingerprint density at radius 2 is 2.08 bits per heavy atom. The fraction of sp³-hybridized carbons (Fsp3) is 0.278. The first-order valence-electron chi connectivity index (χ1n) is 8.18. The summed E-state index contributed by atoms with van der Waals surface area (Å²) in [5, 5.41) is 5.31. The summed E-state index contributed by atoms with van der Waals surface area (Å²) in [4.78, 5) is 29.7. The zero-order chi connectivity index (χ0) is 18.7. The molecular formula is C18H18BrN3O2S2. The number of fused-ring (bicyclic) bond motifs is 1. The lowest BCUT2D eigenvalue weighted by Gasteiger charge is -2.13. The van der Waals surface area contributed by atoms with Crippen molar-refractivity contribution in [2.75, 3.05) is 5.75 Å². The standard InChI is InChI=1S/C18H18BrN3O2S2/c1-3-11(2)20-15(23)10-26-18-21-14-8-9-25-16(14)17(24)22(18)13-6-4-12(19)5-7-13/h4-9,11H,3,10H2,1-2H3,(H,20,23). The van der Waals surface area contributed by atoms with Crippen molar-refractivity contribution in [3.63, 3.8) is 0 Å². The number of amides is 1. The minimum Gasteiger partial charge on any atom is -0.353 e. The third kappa shape index (κ3) is 4.19. The van der Waals surface area contributed by atoms with E-state index < -0.39 is 0 Å². The Labute approximate surface area is 168 Å². The van der Waals surface area contributed by atoms with E-state index in [-0.39, 0.29) is 23.3 Å². The summed E-state index contributed by atoms with van der Waals surface area (Å²) in [7, 11) is 0. The molecule has 26 heavy (non-hydrogen) atoms. The van der Waals surface area contributed by atoms with Crippen LogP contribution in [0.1, 0.15) is 20.3 Å². The number of nitrogens with zero attached hydrogens (tertiary/aromatic N) is 2. The van der Waals surface area contributed by atoms with Gasteiger partial charge in [-0.25, -0.2) is 4.98 Å². The summed E-state index contributed by atoms with van der Waals surface area (Å²) in [6.45, 7) is 3.99. The molecule has 1 unspecified atom stereocenters. The lowest BCUT2D eigenvalue weighted by molar-refractivity contribution is -0.119. The fourth-order valence-electron chi connectivity index (χ4n) is 2.36. The number of nitrogens with one attached hydrogen (secondary N) is 1. The second kappa shape index (κ2) is 8.37. The van der Waals surface area contributed by atoms with Gasteiger partial charge in [0.2, 0.25) is 5.91 Å². The van der Waals surface area contributed by atoms with Crippen molar-refractivity contribution in [1.29, 1.82) is 0 Å². The second-order valence-electron chi connectivity index (χ2n) is 5.81. The summed E-state index contributed by atoms with van der Waals surface area (Å²) >= 11 is 6.06. The highest BCUT2D eigenvalue weighted by molar-refractivity contribution is 9.10. The summed E-state index contributed by atoms with van der Waals surface area (Å²) in [6, 6.07) is 9.43. The van der Waals surface area contributed by atoms with Crippen LogP contribution >= 0.6 is 39.0 Å². The van der Waals surface area contributed by atoms with Gasteiger partial charge < -0.3 is 5.32 Å². The van der Waals surface area contributed by atoms with Gasteiger partial charge in [0.05, 0.1) is 17.0 Å². The predicted octanol–water partition coefficient (Wildman–Crippen LogP) is 4.22. The van der Waals surface area contributed by atoms with E-state index >= 15 is 0 Å². The SMILES string of the molecule is CCC(C)NC(=O)CSc1nc2ccsc2c(=O)n1-c1ccc(Br)cc1. The molecule has 0 aliphatic heterocycles. The minimum absolute atomic E-state index is 0.0635. The number of aromatic nitrogens is 2. The number of thiophene rings is 1. The topological polar surface area (TPSA) is 64.0 Å². The minimum atomic E-state index is -0.114. The molecule has 0 aliphatic rings. The van der Waals surface area contributed by atoms with Gasteiger partial charge in [-0.15, -0.1) is 11.3 Å². The molecule has 0 radical (unpaired) electrons. The van der Waals surface area contributed by atoms with E-state index in [2.05, 4.69) is 26.2 Å². The third-order valence-electron chi connectivity index (χ3n) is 3.89. The van der Waals surface area contributed by atoms with Gasteiger partial charge in [0.1, 0.15) is 4.70 Å². The van der Waals surface area contributed by atoms with Gasteiger partial charge in [0, 0.05) is 10.5 Å². The first kappa shape index (κ1) is 19.1. The maximum Gasteiger partial charge on any atom is 0.276 e. The average molecular weight is 452 g/mol. The zero-order valence-electron chi connectivity index (χ0n) is 14.4. The maximum absolute atomic E-state index is 13.0. The first-order valence-corrected chi connectivity index (χ1v) is 10.8. The summed E-state index contributed by atoms with van der Waals surface area (Å²) in [6.07, 6.45) is 0.874. The van der Waals surface area contributed by atoms with Crippen molar-refractivity contribution in [1.82, 2.24) is 14.9 Å². The highest BCUT2D eigenvalue weighted by Gasteiger charge is 2.16. The Balaban J connectivity index is 1.97. The Morgan fingerprint density at radius 3 is 2.77 bits per heavy atom. The molecule has 8 heteroatoms. The number of halogens is 1. The zero-order valence-corrected chi connectivity index (χ0v) is 17.6. The number of hydrogen-bond acceptors (Lipinski definition) is 5. The van der Waals surface area contributed by atoms with Crippen molar-refractivity contribution < 1.29 is 4.79 Å². The smallest absolute Gasteiger partial charge is 0.276 e. The molecule has 0 spiro atoms. The molecule has 0 fully saturated rings. The normalized spacial score (nSPS) is 12.3. The monoisotopic (exact) mass is 451 g/mol. The molecule has 2 aromatic heterocycles. The van der Waals surface area contributed by atoms with Gasteiger partial charge in [0.15, 0.2) is 5.16 Å².